The molecule has 1 aromatic carbocycles. The Morgan fingerprint density at radius 3 is 2.62 bits per heavy atom. The van der Waals surface area contributed by atoms with Gasteiger partial charge in [0.15, 0.2) is 0 Å². The van der Waals surface area contributed by atoms with Gasteiger partial charge in [-0.25, -0.2) is 8.42 Å². The molecule has 1 aromatic heterocycles. The Kier molecular flexibility index (Phi) is 4.64. The average molecular weight is 438 g/mol. The molecule has 114 valence electrons. The number of aromatic nitrogens is 2. The van der Waals surface area contributed by atoms with Gasteiger partial charge in [0.25, 0.3) is 10.0 Å². The highest BCUT2D eigenvalue weighted by Gasteiger charge is 2.23. The van der Waals surface area contributed by atoms with Crippen LogP contribution in [0.2, 0.25) is 0 Å². The number of sulfonamides is 1. The molecule has 0 aliphatic rings. The van der Waals surface area contributed by atoms with Crippen LogP contribution in [0, 0.1) is 0 Å². The third kappa shape index (κ3) is 3.41. The summed E-state index contributed by atoms with van der Waals surface area (Å²) >= 11 is 6.51. The van der Waals surface area contributed by atoms with Crippen molar-refractivity contribution < 1.29 is 8.42 Å². The standard InChI is InChI=1S/C12H14Br2N4O2S/c1-3-10-11(6-18(2)16-10)17-21(19,20)12-8(14)4-7(13)5-9(12)15/h4-6,17H,3,15H2,1-2H3. The van der Waals surface area contributed by atoms with E-state index in [1.165, 1.54) is 0 Å². The molecule has 1 heterocycles. The number of nitrogens with two attached hydrogens (primary N) is 1. The molecule has 0 amide bonds. The Morgan fingerprint density at radius 1 is 1.38 bits per heavy atom. The lowest BCUT2D eigenvalue weighted by Gasteiger charge is -2.12. The molecule has 0 radical (unpaired) electrons. The van der Waals surface area contributed by atoms with Gasteiger partial charge in [0.2, 0.25) is 0 Å². The molecule has 0 bridgehead atoms. The van der Waals surface area contributed by atoms with E-state index in [-0.39, 0.29) is 10.6 Å². The van der Waals surface area contributed by atoms with E-state index in [0.717, 1.165) is 0 Å². The number of nitrogen functional groups attached to an aromatic ring is 1. The number of halogens is 2. The number of hydrogen-bond acceptors (Lipinski definition) is 4. The summed E-state index contributed by atoms with van der Waals surface area (Å²) in [5.41, 5.74) is 7.12. The number of aryl methyl sites for hydroxylation is 2. The predicted octanol–water partition coefficient (Wildman–Crippen LogP) is 2.89. The molecule has 6 nitrogen and oxygen atoms in total. The smallest absolute Gasteiger partial charge is 0.265 e. The van der Waals surface area contributed by atoms with Crippen LogP contribution in [0.25, 0.3) is 0 Å². The Morgan fingerprint density at radius 2 is 2.05 bits per heavy atom. The van der Waals surface area contributed by atoms with Gasteiger partial charge in [0.1, 0.15) is 4.90 Å². The Hall–Kier alpha value is -1.06. The van der Waals surface area contributed by atoms with E-state index in [1.807, 2.05) is 6.92 Å². The predicted molar refractivity (Wildman–Crippen MR) is 89.6 cm³/mol. The second-order valence-electron chi connectivity index (χ2n) is 4.43. The molecule has 0 aliphatic carbocycles. The van der Waals surface area contributed by atoms with Gasteiger partial charge in [0, 0.05) is 22.2 Å². The maximum atomic E-state index is 12.6. The fourth-order valence-electron chi connectivity index (χ4n) is 1.94. The van der Waals surface area contributed by atoms with Gasteiger partial charge in [-0.15, -0.1) is 0 Å². The molecular weight excluding hydrogens is 424 g/mol. The molecule has 3 N–H and O–H groups in total. The number of anilines is 2. The highest BCUT2D eigenvalue weighted by molar-refractivity contribution is 9.11. The third-order valence-corrected chi connectivity index (χ3v) is 5.62. The van der Waals surface area contributed by atoms with Crippen LogP contribution in [0.5, 0.6) is 0 Å². The summed E-state index contributed by atoms with van der Waals surface area (Å²) in [6.07, 6.45) is 2.25. The first-order valence-corrected chi connectivity index (χ1v) is 9.11. The Balaban J connectivity index is 2.48. The van der Waals surface area contributed by atoms with E-state index >= 15 is 0 Å². The SMILES string of the molecule is CCc1nn(C)cc1NS(=O)(=O)c1c(N)cc(Br)cc1Br. The van der Waals surface area contributed by atoms with E-state index in [4.69, 9.17) is 5.73 Å². The minimum atomic E-state index is -3.81. The van der Waals surface area contributed by atoms with E-state index in [0.29, 0.717) is 26.7 Å². The van der Waals surface area contributed by atoms with Gasteiger partial charge in [-0.3, -0.25) is 9.40 Å². The summed E-state index contributed by atoms with van der Waals surface area (Å²) in [5.74, 6) is 0. The highest BCUT2D eigenvalue weighted by atomic mass is 79.9. The largest absolute Gasteiger partial charge is 0.398 e. The summed E-state index contributed by atoms with van der Waals surface area (Å²) < 4.78 is 30.3. The molecule has 0 atom stereocenters. The quantitative estimate of drug-likeness (QED) is 0.719. The molecular formula is C12H14Br2N4O2S. The molecule has 0 saturated heterocycles. The number of nitrogens with one attached hydrogen (secondary N) is 1. The zero-order valence-corrected chi connectivity index (χ0v) is 15.4. The maximum Gasteiger partial charge on any atom is 0.265 e. The van der Waals surface area contributed by atoms with Crippen molar-refractivity contribution in [3.63, 3.8) is 0 Å². The van der Waals surface area contributed by atoms with Crippen molar-refractivity contribution in [3.8, 4) is 0 Å². The van der Waals surface area contributed by atoms with E-state index in [1.54, 1.807) is 30.1 Å². The van der Waals surface area contributed by atoms with Crippen molar-refractivity contribution in [1.82, 2.24) is 9.78 Å². The number of nitrogens with zero attached hydrogens (tertiary/aromatic N) is 2. The molecule has 0 saturated carbocycles. The van der Waals surface area contributed by atoms with Crippen molar-refractivity contribution in [3.05, 3.63) is 33.0 Å². The summed E-state index contributed by atoms with van der Waals surface area (Å²) in [6, 6.07) is 3.18. The highest BCUT2D eigenvalue weighted by Crippen LogP contribution is 2.33. The molecule has 0 aliphatic heterocycles. The zero-order valence-electron chi connectivity index (χ0n) is 11.4. The van der Waals surface area contributed by atoms with Crippen LogP contribution in [0.4, 0.5) is 11.4 Å². The first-order chi connectivity index (χ1) is 9.74. The number of benzene rings is 1. The van der Waals surface area contributed by atoms with Gasteiger partial charge in [-0.2, -0.15) is 5.10 Å². The monoisotopic (exact) mass is 436 g/mol. The lowest BCUT2D eigenvalue weighted by atomic mass is 10.3. The normalized spacial score (nSPS) is 11.6. The lowest BCUT2D eigenvalue weighted by molar-refractivity contribution is 0.601. The third-order valence-electron chi connectivity index (χ3n) is 2.79. The Labute approximate surface area is 140 Å². The van der Waals surface area contributed by atoms with Gasteiger partial charge >= 0.3 is 0 Å². The lowest BCUT2D eigenvalue weighted by Crippen LogP contribution is -2.16. The first kappa shape index (κ1) is 16.3. The van der Waals surface area contributed by atoms with Crippen LogP contribution in [-0.4, -0.2) is 18.2 Å². The van der Waals surface area contributed by atoms with Gasteiger partial charge in [-0.05, 0) is 34.5 Å². The van der Waals surface area contributed by atoms with Crippen LogP contribution < -0.4 is 10.5 Å². The topological polar surface area (TPSA) is 90.0 Å². The van der Waals surface area contributed by atoms with Gasteiger partial charge in [0.05, 0.1) is 17.1 Å². The molecule has 0 unspecified atom stereocenters. The summed E-state index contributed by atoms with van der Waals surface area (Å²) in [6.45, 7) is 1.91. The van der Waals surface area contributed by atoms with Crippen LogP contribution >= 0.6 is 31.9 Å². The van der Waals surface area contributed by atoms with Crippen molar-refractivity contribution >= 4 is 53.3 Å². The zero-order chi connectivity index (χ0) is 15.8. The Bertz CT molecular complexity index is 764. The van der Waals surface area contributed by atoms with Gasteiger partial charge in [-0.1, -0.05) is 22.9 Å². The summed E-state index contributed by atoms with van der Waals surface area (Å²) in [4.78, 5) is 0.0107. The summed E-state index contributed by atoms with van der Waals surface area (Å²) in [5, 5.41) is 4.21. The fourth-order valence-corrected chi connectivity index (χ4v) is 5.09. The number of hydrogen-bond donors (Lipinski definition) is 2. The van der Waals surface area contributed by atoms with Gasteiger partial charge < -0.3 is 5.73 Å². The molecule has 2 aromatic rings. The molecule has 9 heteroatoms. The first-order valence-electron chi connectivity index (χ1n) is 6.04. The molecule has 0 spiro atoms. The van der Waals surface area contributed by atoms with E-state index < -0.39 is 10.0 Å². The molecule has 0 fully saturated rings. The number of rotatable bonds is 4. The fraction of sp³-hybridized carbons (Fsp3) is 0.250. The minimum absolute atomic E-state index is 0.0107. The van der Waals surface area contributed by atoms with Crippen LogP contribution in [0.15, 0.2) is 32.2 Å². The van der Waals surface area contributed by atoms with Crippen molar-refractivity contribution in [2.45, 2.75) is 18.2 Å². The van der Waals surface area contributed by atoms with Crippen LogP contribution in [0.3, 0.4) is 0 Å². The van der Waals surface area contributed by atoms with Crippen molar-refractivity contribution in [1.29, 1.82) is 0 Å². The maximum absolute atomic E-state index is 12.6. The molecule has 21 heavy (non-hydrogen) atoms. The van der Waals surface area contributed by atoms with Crippen LogP contribution in [-0.2, 0) is 23.5 Å². The van der Waals surface area contributed by atoms with Crippen LogP contribution in [0.1, 0.15) is 12.6 Å². The van der Waals surface area contributed by atoms with E-state index in [2.05, 4.69) is 41.7 Å². The van der Waals surface area contributed by atoms with Crippen molar-refractivity contribution in [2.75, 3.05) is 10.5 Å². The van der Waals surface area contributed by atoms with Crippen molar-refractivity contribution in [2.24, 2.45) is 7.05 Å². The van der Waals surface area contributed by atoms with E-state index in [9.17, 15) is 8.42 Å². The molecule has 2 rings (SSSR count). The summed E-state index contributed by atoms with van der Waals surface area (Å²) in [7, 11) is -2.07. The minimum Gasteiger partial charge on any atom is -0.398 e. The average Bonchev–Trinajstić information content (AvgIpc) is 2.66. The second kappa shape index (κ2) is 5.98. The second-order valence-corrected chi connectivity index (χ2v) is 7.82.